The molecule has 1 amide bonds. The van der Waals surface area contributed by atoms with E-state index >= 15 is 0 Å². The van der Waals surface area contributed by atoms with Crippen molar-refractivity contribution in [3.63, 3.8) is 0 Å². The number of sulfone groups is 1. The zero-order chi connectivity index (χ0) is 16.2. The number of hydrogen-bond donors (Lipinski definition) is 0. The van der Waals surface area contributed by atoms with E-state index in [-0.39, 0.29) is 16.8 Å². The van der Waals surface area contributed by atoms with Gasteiger partial charge in [0.05, 0.1) is 12.0 Å². The third-order valence-electron chi connectivity index (χ3n) is 4.25. The normalized spacial score (nSPS) is 16.3. The Morgan fingerprint density at radius 2 is 1.77 bits per heavy atom. The number of carbonyl (C=O) groups is 1. The van der Waals surface area contributed by atoms with Crippen molar-refractivity contribution < 1.29 is 17.9 Å². The van der Waals surface area contributed by atoms with E-state index in [0.29, 0.717) is 5.75 Å². The van der Waals surface area contributed by atoms with Crippen molar-refractivity contribution in [1.29, 1.82) is 0 Å². The van der Waals surface area contributed by atoms with Gasteiger partial charge in [-0.05, 0) is 37.1 Å². The number of benzene rings is 1. The van der Waals surface area contributed by atoms with Crippen LogP contribution in [0.1, 0.15) is 32.1 Å². The summed E-state index contributed by atoms with van der Waals surface area (Å²) in [5.41, 5.74) is 0. The van der Waals surface area contributed by atoms with Crippen molar-refractivity contribution in [2.24, 2.45) is 0 Å². The van der Waals surface area contributed by atoms with Crippen molar-refractivity contribution in [2.75, 3.05) is 19.9 Å². The largest absolute Gasteiger partial charge is 0.497 e. The van der Waals surface area contributed by atoms with Crippen LogP contribution < -0.4 is 4.74 Å². The Labute approximate surface area is 132 Å². The van der Waals surface area contributed by atoms with Gasteiger partial charge in [-0.2, -0.15) is 0 Å². The van der Waals surface area contributed by atoms with E-state index in [9.17, 15) is 13.2 Å². The van der Waals surface area contributed by atoms with Gasteiger partial charge in [-0.25, -0.2) is 8.42 Å². The first-order valence-electron chi connectivity index (χ1n) is 7.56. The zero-order valence-electron chi connectivity index (χ0n) is 13.1. The Morgan fingerprint density at radius 1 is 1.18 bits per heavy atom. The molecular formula is C16H23NO4S. The maximum atomic E-state index is 12.3. The third kappa shape index (κ3) is 4.00. The van der Waals surface area contributed by atoms with Crippen LogP contribution in [-0.2, 0) is 14.6 Å². The highest BCUT2D eigenvalue weighted by atomic mass is 32.2. The quantitative estimate of drug-likeness (QED) is 0.833. The first kappa shape index (κ1) is 16.8. The lowest BCUT2D eigenvalue weighted by molar-refractivity contribution is -0.129. The van der Waals surface area contributed by atoms with Crippen LogP contribution in [0.15, 0.2) is 29.2 Å². The summed E-state index contributed by atoms with van der Waals surface area (Å²) in [4.78, 5) is 14.0. The lowest BCUT2D eigenvalue weighted by Crippen LogP contribution is -2.41. The molecule has 1 saturated carbocycles. The van der Waals surface area contributed by atoms with Crippen molar-refractivity contribution in [3.8, 4) is 5.75 Å². The summed E-state index contributed by atoms with van der Waals surface area (Å²) in [5, 5.41) is 0. The lowest BCUT2D eigenvalue weighted by Gasteiger charge is -2.31. The van der Waals surface area contributed by atoms with Crippen LogP contribution in [-0.4, -0.2) is 45.2 Å². The van der Waals surface area contributed by atoms with Gasteiger partial charge in [0.2, 0.25) is 5.91 Å². The molecule has 0 N–H and O–H groups in total. The van der Waals surface area contributed by atoms with Gasteiger partial charge in [0.15, 0.2) is 9.84 Å². The van der Waals surface area contributed by atoms with Gasteiger partial charge in [-0.3, -0.25) is 4.79 Å². The fourth-order valence-corrected chi connectivity index (χ4v) is 4.05. The fraction of sp³-hybridized carbons (Fsp3) is 0.562. The molecule has 0 spiro atoms. The predicted molar refractivity (Wildman–Crippen MR) is 84.7 cm³/mol. The molecule has 1 aromatic rings. The van der Waals surface area contributed by atoms with Crippen molar-refractivity contribution in [3.05, 3.63) is 24.3 Å². The molecule has 1 aromatic carbocycles. The smallest absolute Gasteiger partial charge is 0.238 e. The minimum Gasteiger partial charge on any atom is -0.497 e. The van der Waals surface area contributed by atoms with E-state index in [0.717, 1.165) is 25.7 Å². The van der Waals surface area contributed by atoms with Gasteiger partial charge in [0, 0.05) is 13.1 Å². The summed E-state index contributed by atoms with van der Waals surface area (Å²) in [6, 6.07) is 6.29. The van der Waals surface area contributed by atoms with Crippen LogP contribution in [0.4, 0.5) is 0 Å². The Kier molecular flexibility index (Phi) is 5.45. The summed E-state index contributed by atoms with van der Waals surface area (Å²) < 4.78 is 29.7. The molecule has 0 aliphatic heterocycles. The molecule has 5 nitrogen and oxygen atoms in total. The summed E-state index contributed by atoms with van der Waals surface area (Å²) in [5.74, 6) is -0.223. The molecule has 1 aliphatic carbocycles. The summed E-state index contributed by atoms with van der Waals surface area (Å²) in [6.45, 7) is 0. The maximum absolute atomic E-state index is 12.3. The molecule has 6 heteroatoms. The molecule has 0 saturated heterocycles. The molecule has 0 aromatic heterocycles. The average molecular weight is 325 g/mol. The minimum absolute atomic E-state index is 0.152. The predicted octanol–water partition coefficient (Wildman–Crippen LogP) is 2.26. The highest BCUT2D eigenvalue weighted by molar-refractivity contribution is 7.92. The molecule has 22 heavy (non-hydrogen) atoms. The number of carbonyl (C=O) groups excluding carboxylic acids is 1. The van der Waals surface area contributed by atoms with Crippen LogP contribution >= 0.6 is 0 Å². The van der Waals surface area contributed by atoms with E-state index < -0.39 is 15.6 Å². The van der Waals surface area contributed by atoms with Crippen molar-refractivity contribution in [1.82, 2.24) is 4.90 Å². The van der Waals surface area contributed by atoms with E-state index in [1.54, 1.807) is 24.1 Å². The summed E-state index contributed by atoms with van der Waals surface area (Å²) in [7, 11) is -0.385. The van der Waals surface area contributed by atoms with Crippen LogP contribution in [0.5, 0.6) is 5.75 Å². The van der Waals surface area contributed by atoms with Gasteiger partial charge in [0.1, 0.15) is 11.5 Å². The number of nitrogens with zero attached hydrogens (tertiary/aromatic N) is 1. The lowest BCUT2D eigenvalue weighted by atomic mass is 9.94. The second kappa shape index (κ2) is 7.13. The highest BCUT2D eigenvalue weighted by Gasteiger charge is 2.26. The number of amides is 1. The Bertz CT molecular complexity index is 604. The fourth-order valence-electron chi connectivity index (χ4n) is 2.80. The zero-order valence-corrected chi connectivity index (χ0v) is 13.9. The van der Waals surface area contributed by atoms with Crippen LogP contribution in [0, 0.1) is 0 Å². The molecule has 2 rings (SSSR count). The maximum Gasteiger partial charge on any atom is 0.238 e. The molecule has 0 heterocycles. The van der Waals surface area contributed by atoms with Gasteiger partial charge in [0.25, 0.3) is 0 Å². The number of rotatable bonds is 5. The standard InChI is InChI=1S/C16H23NO4S/c1-17(13-6-4-3-5-7-13)16(18)12-22(19,20)15-10-8-14(21-2)9-11-15/h8-11,13H,3-7,12H2,1-2H3. The molecular weight excluding hydrogens is 302 g/mol. The first-order valence-corrected chi connectivity index (χ1v) is 9.22. The molecule has 122 valence electrons. The monoisotopic (exact) mass is 325 g/mol. The van der Waals surface area contributed by atoms with Crippen molar-refractivity contribution in [2.45, 2.75) is 43.0 Å². The van der Waals surface area contributed by atoms with Gasteiger partial charge in [-0.1, -0.05) is 19.3 Å². The second-order valence-electron chi connectivity index (χ2n) is 5.73. The summed E-state index contributed by atoms with van der Waals surface area (Å²) >= 11 is 0. The SMILES string of the molecule is COc1ccc(S(=O)(=O)CC(=O)N(C)C2CCCCC2)cc1. The molecule has 1 aliphatic rings. The second-order valence-corrected chi connectivity index (χ2v) is 7.72. The molecule has 0 atom stereocenters. The van der Waals surface area contributed by atoms with Crippen LogP contribution in [0.3, 0.4) is 0 Å². The Balaban J connectivity index is 2.04. The topological polar surface area (TPSA) is 63.7 Å². The number of ether oxygens (including phenoxy) is 1. The average Bonchev–Trinajstić information content (AvgIpc) is 2.54. The first-order chi connectivity index (χ1) is 10.4. The Morgan fingerprint density at radius 3 is 2.32 bits per heavy atom. The number of methoxy groups -OCH3 is 1. The molecule has 1 fully saturated rings. The molecule has 0 unspecified atom stereocenters. The van der Waals surface area contributed by atoms with Crippen LogP contribution in [0.2, 0.25) is 0 Å². The van der Waals surface area contributed by atoms with Gasteiger partial charge < -0.3 is 9.64 Å². The Hall–Kier alpha value is -1.56. The van der Waals surface area contributed by atoms with E-state index in [1.165, 1.54) is 25.7 Å². The molecule has 0 radical (unpaired) electrons. The third-order valence-corrected chi connectivity index (χ3v) is 5.87. The molecule has 0 bridgehead atoms. The van der Waals surface area contributed by atoms with Gasteiger partial charge in [-0.15, -0.1) is 0 Å². The highest BCUT2D eigenvalue weighted by Crippen LogP contribution is 2.22. The van der Waals surface area contributed by atoms with E-state index in [1.807, 2.05) is 0 Å². The summed E-state index contributed by atoms with van der Waals surface area (Å²) in [6.07, 6.45) is 5.33. The minimum atomic E-state index is -3.61. The van der Waals surface area contributed by atoms with Crippen molar-refractivity contribution >= 4 is 15.7 Å². The van der Waals surface area contributed by atoms with Gasteiger partial charge >= 0.3 is 0 Å². The van der Waals surface area contributed by atoms with E-state index in [4.69, 9.17) is 4.74 Å². The number of hydrogen-bond acceptors (Lipinski definition) is 4. The van der Waals surface area contributed by atoms with Crippen LogP contribution in [0.25, 0.3) is 0 Å². The van der Waals surface area contributed by atoms with E-state index in [2.05, 4.69) is 0 Å².